The smallest absolute Gasteiger partial charge is 0.238 e. The van der Waals surface area contributed by atoms with Crippen LogP contribution in [0, 0.1) is 0 Å². The third kappa shape index (κ3) is 7.97. The highest BCUT2D eigenvalue weighted by molar-refractivity contribution is 7.99. The third-order valence-electron chi connectivity index (χ3n) is 4.91. The molecule has 2 N–H and O–H groups in total. The first-order valence-electron chi connectivity index (χ1n) is 8.86. The van der Waals surface area contributed by atoms with E-state index in [1.54, 1.807) is 11.8 Å². The number of likely N-dealkylation sites (N-methyl/N-ethyl adjacent to an activating group) is 1. The van der Waals surface area contributed by atoms with E-state index in [0.29, 0.717) is 6.54 Å². The van der Waals surface area contributed by atoms with E-state index in [1.165, 1.54) is 11.1 Å². The molecule has 156 valence electrons. The van der Waals surface area contributed by atoms with Crippen molar-refractivity contribution in [2.75, 3.05) is 44.4 Å². The first-order valence-corrected chi connectivity index (χ1v) is 10.0. The Morgan fingerprint density at radius 3 is 2.33 bits per heavy atom. The summed E-state index contributed by atoms with van der Waals surface area (Å²) in [4.78, 5) is 17.2. The van der Waals surface area contributed by atoms with Crippen LogP contribution in [-0.2, 0) is 17.9 Å². The van der Waals surface area contributed by atoms with Crippen LogP contribution in [-0.4, -0.2) is 66.1 Å². The second kappa shape index (κ2) is 13.9. The van der Waals surface area contributed by atoms with Crippen molar-refractivity contribution in [2.24, 2.45) is 0 Å². The molecule has 1 unspecified atom stereocenters. The van der Waals surface area contributed by atoms with Gasteiger partial charge in [0.1, 0.15) is 0 Å². The zero-order valence-corrected chi connectivity index (χ0v) is 19.0. The molecular weight excluding hydrogens is 427 g/mol. The lowest BCUT2D eigenvalue weighted by atomic mass is 10.1. The van der Waals surface area contributed by atoms with Gasteiger partial charge in [-0.1, -0.05) is 31.2 Å². The fraction of sp³-hybridized carbons (Fsp3) is 0.611. The molecule has 2 saturated heterocycles. The molecular formula is C18H31Cl3N4OS. The van der Waals surface area contributed by atoms with Gasteiger partial charge in [-0.05, 0) is 17.7 Å². The minimum atomic E-state index is -0.0377. The number of carbonyl (C=O) groups is 1. The van der Waals surface area contributed by atoms with Crippen molar-refractivity contribution < 1.29 is 4.79 Å². The van der Waals surface area contributed by atoms with Crippen molar-refractivity contribution in [1.82, 2.24) is 20.4 Å². The molecule has 1 amide bonds. The molecule has 5 nitrogen and oxygen atoms in total. The maximum absolute atomic E-state index is 12.2. The molecule has 0 spiro atoms. The minimum absolute atomic E-state index is 0. The van der Waals surface area contributed by atoms with Crippen LogP contribution in [0.15, 0.2) is 24.3 Å². The molecule has 2 heterocycles. The fourth-order valence-electron chi connectivity index (χ4n) is 3.26. The molecule has 27 heavy (non-hydrogen) atoms. The number of nitrogens with zero attached hydrogens (tertiary/aromatic N) is 2. The molecule has 0 aliphatic carbocycles. The first-order chi connectivity index (χ1) is 11.8. The van der Waals surface area contributed by atoms with Crippen LogP contribution in [0.1, 0.15) is 18.1 Å². The molecule has 2 aliphatic heterocycles. The Balaban J connectivity index is 0.00000225. The van der Waals surface area contributed by atoms with Crippen molar-refractivity contribution in [1.29, 1.82) is 0 Å². The molecule has 1 aromatic carbocycles. The number of hydrogen-bond donors (Lipinski definition) is 2. The highest BCUT2D eigenvalue weighted by Crippen LogP contribution is 2.14. The number of benzene rings is 1. The highest BCUT2D eigenvalue weighted by Gasteiger charge is 2.22. The summed E-state index contributed by atoms with van der Waals surface area (Å²) >= 11 is 1.78. The molecule has 0 saturated carbocycles. The van der Waals surface area contributed by atoms with E-state index in [-0.39, 0.29) is 49.2 Å². The zero-order valence-electron chi connectivity index (χ0n) is 15.7. The van der Waals surface area contributed by atoms with Gasteiger partial charge in [0.2, 0.25) is 5.91 Å². The Labute approximate surface area is 185 Å². The number of halogens is 3. The average molecular weight is 458 g/mol. The van der Waals surface area contributed by atoms with Crippen LogP contribution in [0.5, 0.6) is 0 Å². The standard InChI is InChI=1S/C18H28N4OS.3ClH/c1-2-21-7-9-22(10-8-21)12-16-6-4-3-5-15(16)11-19-18(23)17-13-24-14-20-17;;;/h3-6,17,20H,2,7-14H2,1H3,(H,19,23);3*1H. The van der Waals surface area contributed by atoms with Gasteiger partial charge in [0, 0.05) is 50.9 Å². The summed E-state index contributed by atoms with van der Waals surface area (Å²) in [5.41, 5.74) is 2.56. The lowest BCUT2D eigenvalue weighted by Gasteiger charge is -2.34. The number of amides is 1. The SMILES string of the molecule is CCN1CCN(Cc2ccccc2CNC(=O)C2CSCN2)CC1.Cl.Cl.Cl. The predicted molar refractivity (Wildman–Crippen MR) is 122 cm³/mol. The van der Waals surface area contributed by atoms with E-state index < -0.39 is 0 Å². The molecule has 0 aromatic heterocycles. The van der Waals surface area contributed by atoms with Crippen molar-refractivity contribution in [3.05, 3.63) is 35.4 Å². The summed E-state index contributed by atoms with van der Waals surface area (Å²) in [5.74, 6) is 1.86. The summed E-state index contributed by atoms with van der Waals surface area (Å²) < 4.78 is 0. The number of piperazine rings is 1. The van der Waals surface area contributed by atoms with Gasteiger partial charge in [-0.3, -0.25) is 15.0 Å². The van der Waals surface area contributed by atoms with Gasteiger partial charge in [0.25, 0.3) is 0 Å². The van der Waals surface area contributed by atoms with Crippen LogP contribution >= 0.6 is 49.0 Å². The normalized spacial score (nSPS) is 20.1. The second-order valence-corrected chi connectivity index (χ2v) is 7.50. The Morgan fingerprint density at radius 2 is 1.74 bits per heavy atom. The van der Waals surface area contributed by atoms with E-state index in [0.717, 1.165) is 50.9 Å². The summed E-state index contributed by atoms with van der Waals surface area (Å²) in [5, 5.41) is 6.31. The van der Waals surface area contributed by atoms with E-state index in [1.807, 2.05) is 0 Å². The molecule has 1 atom stereocenters. The molecule has 3 rings (SSSR count). The highest BCUT2D eigenvalue weighted by atomic mass is 35.5. The molecule has 0 radical (unpaired) electrons. The quantitative estimate of drug-likeness (QED) is 0.687. The second-order valence-electron chi connectivity index (χ2n) is 6.47. The summed E-state index contributed by atoms with van der Waals surface area (Å²) in [6, 6.07) is 8.44. The van der Waals surface area contributed by atoms with E-state index in [4.69, 9.17) is 0 Å². The van der Waals surface area contributed by atoms with Gasteiger partial charge in [-0.15, -0.1) is 49.0 Å². The largest absolute Gasteiger partial charge is 0.351 e. The fourth-order valence-corrected chi connectivity index (χ4v) is 4.20. The average Bonchev–Trinajstić information content (AvgIpc) is 3.16. The Morgan fingerprint density at radius 1 is 1.11 bits per heavy atom. The Kier molecular flexibility index (Phi) is 13.8. The number of nitrogens with one attached hydrogen (secondary N) is 2. The molecule has 0 bridgehead atoms. The lowest BCUT2D eigenvalue weighted by Crippen LogP contribution is -2.45. The maximum atomic E-state index is 12.2. The lowest BCUT2D eigenvalue weighted by molar-refractivity contribution is -0.122. The minimum Gasteiger partial charge on any atom is -0.351 e. The molecule has 2 fully saturated rings. The van der Waals surface area contributed by atoms with Crippen LogP contribution in [0.3, 0.4) is 0 Å². The Hall–Kier alpha value is -0.210. The third-order valence-corrected chi connectivity index (χ3v) is 5.85. The van der Waals surface area contributed by atoms with Crippen molar-refractivity contribution >= 4 is 54.9 Å². The van der Waals surface area contributed by atoms with Crippen molar-refractivity contribution in [3.63, 3.8) is 0 Å². The van der Waals surface area contributed by atoms with Gasteiger partial charge < -0.3 is 10.2 Å². The van der Waals surface area contributed by atoms with Gasteiger partial charge >= 0.3 is 0 Å². The number of rotatable bonds is 6. The molecule has 9 heteroatoms. The van der Waals surface area contributed by atoms with Crippen LogP contribution in [0.4, 0.5) is 0 Å². The maximum Gasteiger partial charge on any atom is 0.238 e. The van der Waals surface area contributed by atoms with Gasteiger partial charge in [-0.2, -0.15) is 0 Å². The van der Waals surface area contributed by atoms with Gasteiger partial charge in [-0.25, -0.2) is 0 Å². The Bertz CT molecular complexity index is 553. The van der Waals surface area contributed by atoms with E-state index in [9.17, 15) is 4.79 Å². The summed E-state index contributed by atoms with van der Waals surface area (Å²) in [6.07, 6.45) is 0. The van der Waals surface area contributed by atoms with E-state index >= 15 is 0 Å². The zero-order chi connectivity index (χ0) is 16.8. The summed E-state index contributed by atoms with van der Waals surface area (Å²) in [6.45, 7) is 9.51. The first kappa shape index (κ1) is 26.8. The van der Waals surface area contributed by atoms with Crippen molar-refractivity contribution in [3.8, 4) is 0 Å². The van der Waals surface area contributed by atoms with Gasteiger partial charge in [0.05, 0.1) is 6.04 Å². The molecule has 1 aromatic rings. The predicted octanol–water partition coefficient (Wildman–Crippen LogP) is 2.37. The number of carbonyl (C=O) groups excluding carboxylic acids is 1. The van der Waals surface area contributed by atoms with Crippen LogP contribution in [0.2, 0.25) is 0 Å². The monoisotopic (exact) mass is 456 g/mol. The molecule has 2 aliphatic rings. The van der Waals surface area contributed by atoms with Crippen LogP contribution < -0.4 is 10.6 Å². The van der Waals surface area contributed by atoms with Gasteiger partial charge in [0.15, 0.2) is 0 Å². The summed E-state index contributed by atoms with van der Waals surface area (Å²) in [7, 11) is 0. The van der Waals surface area contributed by atoms with E-state index in [2.05, 4.69) is 51.6 Å². The van der Waals surface area contributed by atoms with Crippen LogP contribution in [0.25, 0.3) is 0 Å². The number of thioether (sulfide) groups is 1. The topological polar surface area (TPSA) is 47.6 Å². The van der Waals surface area contributed by atoms with Crippen molar-refractivity contribution in [2.45, 2.75) is 26.1 Å². The number of hydrogen-bond acceptors (Lipinski definition) is 5.